The first kappa shape index (κ1) is 15.7. The molecule has 6 nitrogen and oxygen atoms in total. The Hall–Kier alpha value is -1.66. The molecule has 0 radical (unpaired) electrons. The van der Waals surface area contributed by atoms with Crippen molar-refractivity contribution in [2.24, 2.45) is 0 Å². The van der Waals surface area contributed by atoms with E-state index < -0.39 is 0 Å². The van der Waals surface area contributed by atoms with E-state index in [0.29, 0.717) is 0 Å². The van der Waals surface area contributed by atoms with Crippen molar-refractivity contribution in [2.45, 2.75) is 32.4 Å². The van der Waals surface area contributed by atoms with Crippen molar-refractivity contribution in [3.63, 3.8) is 0 Å². The summed E-state index contributed by atoms with van der Waals surface area (Å²) in [5, 5.41) is 3.42. The molecule has 2 rings (SSSR count). The zero-order chi connectivity index (χ0) is 14.8. The molecule has 0 atom stereocenters. The smallest absolute Gasteiger partial charge is 0.113 e. The van der Waals surface area contributed by atoms with E-state index >= 15 is 0 Å². The lowest BCUT2D eigenvalue weighted by Crippen LogP contribution is -2.26. The summed E-state index contributed by atoms with van der Waals surface area (Å²) in [5.74, 6) is 0. The van der Waals surface area contributed by atoms with E-state index in [4.69, 9.17) is 4.74 Å². The van der Waals surface area contributed by atoms with Crippen LogP contribution in [0.1, 0.15) is 32.4 Å². The number of nitrogens with one attached hydrogen (secondary N) is 1. The first-order valence-electron chi connectivity index (χ1n) is 7.65. The Morgan fingerprint density at radius 2 is 1.76 bits per heavy atom. The number of imidazole rings is 2. The number of ether oxygens (including phenoxy) is 1. The molecular weight excluding hydrogens is 266 g/mol. The van der Waals surface area contributed by atoms with Crippen LogP contribution in [-0.4, -0.2) is 45.4 Å². The van der Waals surface area contributed by atoms with Crippen LogP contribution in [0.2, 0.25) is 0 Å². The van der Waals surface area contributed by atoms with E-state index in [1.807, 2.05) is 25.0 Å². The minimum absolute atomic E-state index is 0.212. The summed E-state index contributed by atoms with van der Waals surface area (Å²) >= 11 is 0. The standard InChI is InChI=1S/C15H25N5O/c1-2-3-11-21-12-8-16-5-4-15(19-9-6-17-13-19)20-10-7-18-14-20/h6-7,9-10,13-16H,2-5,8,11-12H2,1H3. The monoisotopic (exact) mass is 291 g/mol. The van der Waals surface area contributed by atoms with Crippen molar-refractivity contribution in [2.75, 3.05) is 26.3 Å². The van der Waals surface area contributed by atoms with Gasteiger partial charge in [0.05, 0.1) is 19.3 Å². The van der Waals surface area contributed by atoms with Crippen molar-refractivity contribution in [3.8, 4) is 0 Å². The van der Waals surface area contributed by atoms with Crippen LogP contribution < -0.4 is 5.32 Å². The van der Waals surface area contributed by atoms with Gasteiger partial charge in [-0.15, -0.1) is 0 Å². The van der Waals surface area contributed by atoms with Crippen LogP contribution in [0, 0.1) is 0 Å². The Balaban J connectivity index is 1.69. The van der Waals surface area contributed by atoms with Gasteiger partial charge in [-0.3, -0.25) is 0 Å². The molecule has 0 saturated heterocycles. The van der Waals surface area contributed by atoms with Crippen LogP contribution >= 0.6 is 0 Å². The molecule has 0 spiro atoms. The molecule has 0 amide bonds. The van der Waals surface area contributed by atoms with E-state index in [1.54, 1.807) is 12.4 Å². The second kappa shape index (κ2) is 9.31. The van der Waals surface area contributed by atoms with Crippen LogP contribution in [0.5, 0.6) is 0 Å². The number of unbranched alkanes of at least 4 members (excludes halogenated alkanes) is 1. The Morgan fingerprint density at radius 3 is 2.33 bits per heavy atom. The fourth-order valence-corrected chi connectivity index (χ4v) is 2.19. The predicted molar refractivity (Wildman–Crippen MR) is 82.1 cm³/mol. The van der Waals surface area contributed by atoms with Gasteiger partial charge in [0, 0.05) is 37.9 Å². The molecule has 0 aliphatic heterocycles. The summed E-state index contributed by atoms with van der Waals surface area (Å²) in [5.41, 5.74) is 0. The highest BCUT2D eigenvalue weighted by Gasteiger charge is 2.11. The average Bonchev–Trinajstić information content (AvgIpc) is 3.19. The Morgan fingerprint density at radius 1 is 1.05 bits per heavy atom. The fraction of sp³-hybridized carbons (Fsp3) is 0.600. The normalized spacial score (nSPS) is 11.3. The third-order valence-electron chi connectivity index (χ3n) is 3.38. The molecule has 0 aliphatic rings. The summed E-state index contributed by atoms with van der Waals surface area (Å²) in [6, 6.07) is 0. The molecule has 0 saturated carbocycles. The molecule has 6 heteroatoms. The summed E-state index contributed by atoms with van der Waals surface area (Å²) in [7, 11) is 0. The molecule has 0 unspecified atom stereocenters. The lowest BCUT2D eigenvalue weighted by atomic mass is 10.3. The van der Waals surface area contributed by atoms with Gasteiger partial charge in [-0.1, -0.05) is 13.3 Å². The maximum Gasteiger partial charge on any atom is 0.113 e. The molecular formula is C15H25N5O. The van der Waals surface area contributed by atoms with Crippen molar-refractivity contribution >= 4 is 0 Å². The van der Waals surface area contributed by atoms with E-state index in [9.17, 15) is 0 Å². The van der Waals surface area contributed by atoms with Crippen LogP contribution in [0.3, 0.4) is 0 Å². The summed E-state index contributed by atoms with van der Waals surface area (Å²) in [6.45, 7) is 5.64. The van der Waals surface area contributed by atoms with Gasteiger partial charge in [0.1, 0.15) is 6.17 Å². The molecule has 2 aromatic heterocycles. The summed E-state index contributed by atoms with van der Waals surface area (Å²) in [6.07, 6.45) is 14.8. The Labute approximate surface area is 126 Å². The van der Waals surface area contributed by atoms with E-state index in [-0.39, 0.29) is 6.17 Å². The summed E-state index contributed by atoms with van der Waals surface area (Å²) < 4.78 is 9.73. The van der Waals surface area contributed by atoms with Gasteiger partial charge in [0.2, 0.25) is 0 Å². The van der Waals surface area contributed by atoms with E-state index in [1.165, 1.54) is 6.42 Å². The minimum Gasteiger partial charge on any atom is -0.380 e. The second-order valence-electron chi connectivity index (χ2n) is 5.01. The van der Waals surface area contributed by atoms with Crippen molar-refractivity contribution in [1.29, 1.82) is 0 Å². The van der Waals surface area contributed by atoms with Crippen LogP contribution in [-0.2, 0) is 4.74 Å². The quantitative estimate of drug-likeness (QED) is 0.643. The van der Waals surface area contributed by atoms with Gasteiger partial charge >= 0.3 is 0 Å². The van der Waals surface area contributed by atoms with Crippen LogP contribution in [0.15, 0.2) is 37.4 Å². The van der Waals surface area contributed by atoms with Gasteiger partial charge in [0.15, 0.2) is 0 Å². The van der Waals surface area contributed by atoms with Gasteiger partial charge in [-0.25, -0.2) is 9.97 Å². The van der Waals surface area contributed by atoms with Gasteiger partial charge in [0.25, 0.3) is 0 Å². The SMILES string of the molecule is CCCCOCCNCCC(n1ccnc1)n1ccnc1. The van der Waals surface area contributed by atoms with Gasteiger partial charge in [-0.05, 0) is 19.4 Å². The number of rotatable bonds is 11. The molecule has 21 heavy (non-hydrogen) atoms. The number of hydrogen-bond donors (Lipinski definition) is 1. The average molecular weight is 291 g/mol. The highest BCUT2D eigenvalue weighted by molar-refractivity contribution is 4.86. The van der Waals surface area contributed by atoms with E-state index in [0.717, 1.165) is 39.1 Å². The van der Waals surface area contributed by atoms with Crippen molar-refractivity contribution in [1.82, 2.24) is 24.4 Å². The zero-order valence-electron chi connectivity index (χ0n) is 12.7. The topological polar surface area (TPSA) is 56.9 Å². The van der Waals surface area contributed by atoms with E-state index in [2.05, 4.69) is 31.3 Å². The lowest BCUT2D eigenvalue weighted by Gasteiger charge is -2.20. The maximum atomic E-state index is 5.53. The first-order chi connectivity index (χ1) is 10.4. The summed E-state index contributed by atoms with van der Waals surface area (Å²) in [4.78, 5) is 8.26. The Bertz CT molecular complexity index is 420. The second-order valence-corrected chi connectivity index (χ2v) is 5.01. The fourth-order valence-electron chi connectivity index (χ4n) is 2.19. The molecule has 2 heterocycles. The van der Waals surface area contributed by atoms with Crippen molar-refractivity contribution < 1.29 is 4.74 Å². The predicted octanol–water partition coefficient (Wildman–Crippen LogP) is 1.92. The third kappa shape index (κ3) is 5.32. The highest BCUT2D eigenvalue weighted by atomic mass is 16.5. The molecule has 0 aromatic carbocycles. The Kier molecular flexibility index (Phi) is 6.97. The maximum absolute atomic E-state index is 5.53. The zero-order valence-corrected chi connectivity index (χ0v) is 12.7. The van der Waals surface area contributed by atoms with Gasteiger partial charge in [-0.2, -0.15) is 0 Å². The van der Waals surface area contributed by atoms with Crippen LogP contribution in [0.4, 0.5) is 0 Å². The van der Waals surface area contributed by atoms with Crippen molar-refractivity contribution in [3.05, 3.63) is 37.4 Å². The third-order valence-corrected chi connectivity index (χ3v) is 3.38. The lowest BCUT2D eigenvalue weighted by molar-refractivity contribution is 0.132. The molecule has 0 fully saturated rings. The molecule has 2 aromatic rings. The molecule has 116 valence electrons. The largest absolute Gasteiger partial charge is 0.380 e. The number of hydrogen-bond acceptors (Lipinski definition) is 4. The number of nitrogens with zero attached hydrogens (tertiary/aromatic N) is 4. The minimum atomic E-state index is 0.212. The highest BCUT2D eigenvalue weighted by Crippen LogP contribution is 2.13. The first-order valence-corrected chi connectivity index (χ1v) is 7.65. The molecule has 0 aliphatic carbocycles. The van der Waals surface area contributed by atoms with Gasteiger partial charge < -0.3 is 19.2 Å². The molecule has 1 N–H and O–H groups in total. The number of aromatic nitrogens is 4. The molecule has 0 bridgehead atoms. The van der Waals surface area contributed by atoms with Crippen LogP contribution in [0.25, 0.3) is 0 Å².